The number of hydrogen-bond acceptors (Lipinski definition) is 4. The van der Waals surface area contributed by atoms with E-state index in [-0.39, 0.29) is 17.7 Å². The number of carbonyl (C=O) groups is 2. The van der Waals surface area contributed by atoms with E-state index >= 15 is 0 Å². The maximum Gasteiger partial charge on any atom is 0.427 e. The van der Waals surface area contributed by atoms with E-state index in [9.17, 15) is 22.8 Å². The van der Waals surface area contributed by atoms with Gasteiger partial charge < -0.3 is 15.2 Å². The molecule has 3 rings (SSSR count). The third-order valence-corrected chi connectivity index (χ3v) is 3.89. The van der Waals surface area contributed by atoms with Crippen molar-refractivity contribution in [1.29, 1.82) is 0 Å². The topological polar surface area (TPSA) is 93.5 Å². The first-order valence-corrected chi connectivity index (χ1v) is 7.60. The summed E-state index contributed by atoms with van der Waals surface area (Å²) < 4.78 is 46.0. The lowest BCUT2D eigenvalue weighted by Gasteiger charge is -2.35. The van der Waals surface area contributed by atoms with Crippen LogP contribution in [0.3, 0.4) is 0 Å². The maximum absolute atomic E-state index is 13.3. The lowest BCUT2D eigenvalue weighted by molar-refractivity contribution is -0.206. The number of fused-ring (bicyclic) bond motifs is 1. The average molecular weight is 369 g/mol. The Kier molecular flexibility index (Phi) is 4.58. The second-order valence-corrected chi connectivity index (χ2v) is 5.80. The fraction of sp³-hybridized carbons (Fsp3) is 0.312. The monoisotopic (exact) mass is 369 g/mol. The van der Waals surface area contributed by atoms with Gasteiger partial charge in [-0.3, -0.25) is 9.48 Å². The summed E-state index contributed by atoms with van der Waals surface area (Å²) in [4.78, 5) is 22.9. The van der Waals surface area contributed by atoms with Gasteiger partial charge in [0.15, 0.2) is 0 Å². The second-order valence-electron chi connectivity index (χ2n) is 5.80. The molecular weight excluding hydrogens is 355 g/mol. The highest BCUT2D eigenvalue weighted by Gasteiger charge is 2.49. The van der Waals surface area contributed by atoms with Gasteiger partial charge in [-0.25, -0.2) is 4.79 Å². The fourth-order valence-corrected chi connectivity index (χ4v) is 2.73. The Morgan fingerprint density at radius 3 is 2.73 bits per heavy atom. The number of carboxylic acids is 1. The number of hydrogen-bond donors (Lipinski definition) is 2. The molecule has 26 heavy (non-hydrogen) atoms. The van der Waals surface area contributed by atoms with Crippen LogP contribution >= 0.6 is 0 Å². The molecule has 7 nitrogen and oxygen atoms in total. The van der Waals surface area contributed by atoms with Crippen LogP contribution in [0.2, 0.25) is 0 Å². The Labute approximate surface area is 145 Å². The molecule has 0 saturated carbocycles. The summed E-state index contributed by atoms with van der Waals surface area (Å²) in [5.41, 5.74) is 0.437. The second kappa shape index (κ2) is 6.70. The third-order valence-electron chi connectivity index (χ3n) is 3.89. The molecule has 1 aliphatic heterocycles. The number of alkyl halides is 3. The van der Waals surface area contributed by atoms with E-state index in [1.54, 1.807) is 18.2 Å². The van der Waals surface area contributed by atoms with E-state index < -0.39 is 36.7 Å². The minimum atomic E-state index is -4.66. The van der Waals surface area contributed by atoms with E-state index in [1.165, 1.54) is 6.07 Å². The van der Waals surface area contributed by atoms with E-state index in [4.69, 9.17) is 9.84 Å². The Bertz CT molecular complexity index is 834. The molecule has 0 saturated heterocycles. The Morgan fingerprint density at radius 2 is 2.08 bits per heavy atom. The normalized spacial score (nSPS) is 19.3. The lowest BCUT2D eigenvalue weighted by atomic mass is 9.96. The molecule has 0 radical (unpaired) electrons. The van der Waals surface area contributed by atoms with Crippen molar-refractivity contribution in [3.63, 3.8) is 0 Å². The van der Waals surface area contributed by atoms with Crippen molar-refractivity contribution in [2.45, 2.75) is 31.3 Å². The van der Waals surface area contributed by atoms with Gasteiger partial charge in [-0.05, 0) is 11.6 Å². The minimum Gasteiger partial charge on any atom is -0.478 e. The summed E-state index contributed by atoms with van der Waals surface area (Å²) in [5.74, 6) is -1.81. The van der Waals surface area contributed by atoms with Crippen LogP contribution in [0.5, 0.6) is 5.75 Å². The number of nitrogens with zero attached hydrogens (tertiary/aromatic N) is 2. The molecule has 2 N–H and O–H groups in total. The Hall–Kier alpha value is -3.04. The molecule has 2 aromatic rings. The van der Waals surface area contributed by atoms with E-state index in [0.717, 1.165) is 17.1 Å². The maximum atomic E-state index is 13.3. The number of amides is 1. The molecule has 0 fully saturated rings. The van der Waals surface area contributed by atoms with Crippen LogP contribution < -0.4 is 10.1 Å². The molecule has 138 valence electrons. The molecule has 0 aliphatic carbocycles. The van der Waals surface area contributed by atoms with Gasteiger partial charge >= 0.3 is 12.1 Å². The number of nitrogens with one attached hydrogen (secondary N) is 1. The summed E-state index contributed by atoms with van der Waals surface area (Å²) in [6, 6.07) is 5.03. The number of carbonyl (C=O) groups excluding carboxylic acids is 1. The largest absolute Gasteiger partial charge is 0.478 e. The standard InChI is InChI=1S/C16H14F3N3O4/c17-16(18,19)14-11(5-9-3-1-2-4-12(9)26-14)21-13(23)8-22-7-10(6-20-22)15(24)25/h1-4,6-7,11,14H,5,8H2,(H,21,23)(H,24,25)/t11-,14-/m1/s1. The molecule has 10 heteroatoms. The highest BCUT2D eigenvalue weighted by Crippen LogP contribution is 2.35. The van der Waals surface area contributed by atoms with Crippen molar-refractivity contribution < 1.29 is 32.6 Å². The molecule has 1 aromatic heterocycles. The van der Waals surface area contributed by atoms with Gasteiger partial charge in [0, 0.05) is 12.6 Å². The quantitative estimate of drug-likeness (QED) is 0.855. The van der Waals surface area contributed by atoms with Crippen molar-refractivity contribution in [2.75, 3.05) is 0 Å². The van der Waals surface area contributed by atoms with Gasteiger partial charge in [-0.2, -0.15) is 18.3 Å². The van der Waals surface area contributed by atoms with Gasteiger partial charge in [-0.15, -0.1) is 0 Å². The van der Waals surface area contributed by atoms with E-state index in [0.29, 0.717) is 5.56 Å². The predicted molar refractivity (Wildman–Crippen MR) is 81.7 cm³/mol. The van der Waals surface area contributed by atoms with Gasteiger partial charge in [0.25, 0.3) is 0 Å². The minimum absolute atomic E-state index is 0.0361. The number of aromatic nitrogens is 2. The van der Waals surface area contributed by atoms with Crippen LogP contribution in [-0.4, -0.2) is 45.1 Å². The number of benzene rings is 1. The first kappa shape index (κ1) is 17.8. The van der Waals surface area contributed by atoms with Crippen LogP contribution in [0.4, 0.5) is 13.2 Å². The van der Waals surface area contributed by atoms with Crippen LogP contribution in [0, 0.1) is 0 Å². The van der Waals surface area contributed by atoms with Gasteiger partial charge in [0.2, 0.25) is 12.0 Å². The molecule has 2 heterocycles. The molecule has 1 aliphatic rings. The molecule has 0 unspecified atom stereocenters. The SMILES string of the molecule is O=C(Cn1cc(C(=O)O)cn1)N[C@@H]1Cc2ccccc2O[C@H]1C(F)(F)F. The average Bonchev–Trinajstić information content (AvgIpc) is 3.02. The van der Waals surface area contributed by atoms with Gasteiger partial charge in [0.1, 0.15) is 12.3 Å². The van der Waals surface area contributed by atoms with Crippen molar-refractivity contribution in [3.05, 3.63) is 47.8 Å². The predicted octanol–water partition coefficient (Wildman–Crippen LogP) is 1.63. The van der Waals surface area contributed by atoms with Gasteiger partial charge in [0.05, 0.1) is 17.8 Å². The molecule has 0 spiro atoms. The number of ether oxygens (including phenoxy) is 1. The highest BCUT2D eigenvalue weighted by molar-refractivity contribution is 5.87. The number of para-hydroxylation sites is 1. The number of carboxylic acid groups (broad SMARTS) is 1. The summed E-state index contributed by atoms with van der Waals surface area (Å²) in [5, 5.41) is 14.8. The molecule has 0 bridgehead atoms. The Morgan fingerprint density at radius 1 is 1.35 bits per heavy atom. The molecular formula is C16H14F3N3O4. The lowest BCUT2D eigenvalue weighted by Crippen LogP contribution is -2.56. The zero-order valence-corrected chi connectivity index (χ0v) is 13.2. The zero-order valence-electron chi connectivity index (χ0n) is 13.2. The van der Waals surface area contributed by atoms with Crippen molar-refractivity contribution in [1.82, 2.24) is 15.1 Å². The van der Waals surface area contributed by atoms with E-state index in [2.05, 4.69) is 10.4 Å². The van der Waals surface area contributed by atoms with Crippen LogP contribution in [0.15, 0.2) is 36.7 Å². The van der Waals surface area contributed by atoms with Crippen LogP contribution in [-0.2, 0) is 17.8 Å². The molecule has 1 amide bonds. The van der Waals surface area contributed by atoms with Crippen LogP contribution in [0.25, 0.3) is 0 Å². The van der Waals surface area contributed by atoms with Crippen LogP contribution in [0.1, 0.15) is 15.9 Å². The van der Waals surface area contributed by atoms with Crippen molar-refractivity contribution in [3.8, 4) is 5.75 Å². The first-order valence-electron chi connectivity index (χ1n) is 7.60. The number of halogens is 3. The van der Waals surface area contributed by atoms with E-state index in [1.807, 2.05) is 0 Å². The zero-order chi connectivity index (χ0) is 18.9. The number of rotatable bonds is 4. The smallest absolute Gasteiger partial charge is 0.427 e. The summed E-state index contributed by atoms with van der Waals surface area (Å²) in [6.45, 7) is -0.407. The van der Waals surface area contributed by atoms with Crippen molar-refractivity contribution in [2.24, 2.45) is 0 Å². The number of aromatic carboxylic acids is 1. The summed E-state index contributed by atoms with van der Waals surface area (Å²) in [6.07, 6.45) is -4.70. The first-order chi connectivity index (χ1) is 12.2. The Balaban J connectivity index is 1.73. The third kappa shape index (κ3) is 3.79. The molecule has 1 aromatic carbocycles. The summed E-state index contributed by atoms with van der Waals surface area (Å²) >= 11 is 0. The summed E-state index contributed by atoms with van der Waals surface area (Å²) in [7, 11) is 0. The molecule has 2 atom stereocenters. The van der Waals surface area contributed by atoms with Crippen molar-refractivity contribution >= 4 is 11.9 Å². The highest BCUT2D eigenvalue weighted by atomic mass is 19.4. The fourth-order valence-electron chi connectivity index (χ4n) is 2.73. The van der Waals surface area contributed by atoms with Gasteiger partial charge in [-0.1, -0.05) is 18.2 Å².